The molecule has 1 aliphatic heterocycles. The highest BCUT2D eigenvalue weighted by atomic mass is 79.9. The number of hydrogen-bond donors (Lipinski definition) is 4. The number of amides is 2. The summed E-state index contributed by atoms with van der Waals surface area (Å²) in [4.78, 5) is 32.5. The van der Waals surface area contributed by atoms with Crippen molar-refractivity contribution in [2.45, 2.75) is 12.8 Å². The van der Waals surface area contributed by atoms with Gasteiger partial charge >= 0.3 is 0 Å². The van der Waals surface area contributed by atoms with Crippen molar-refractivity contribution in [3.05, 3.63) is 64.3 Å². The Morgan fingerprint density at radius 1 is 1.13 bits per heavy atom. The Balaban J connectivity index is 1.57. The van der Waals surface area contributed by atoms with Gasteiger partial charge in [-0.15, -0.1) is 0 Å². The average molecular weight is 467 g/mol. The van der Waals surface area contributed by atoms with Crippen LogP contribution in [0.4, 0.5) is 28.8 Å². The lowest BCUT2D eigenvalue weighted by Crippen LogP contribution is -2.19. The Bertz CT molecular complexity index is 1130. The van der Waals surface area contributed by atoms with Crippen molar-refractivity contribution in [3.63, 3.8) is 0 Å². The van der Waals surface area contributed by atoms with Gasteiger partial charge in [-0.1, -0.05) is 12.1 Å². The molecule has 2 aromatic carbocycles. The molecular formula is C21H19BrN6O2. The highest BCUT2D eigenvalue weighted by Gasteiger charge is 2.16. The fourth-order valence-electron chi connectivity index (χ4n) is 3.16. The lowest BCUT2D eigenvalue weighted by Gasteiger charge is -2.18. The standard InChI is InChI=1S/C21H19BrN6O2/c1-23-20(30)14-4-2-3-5-17(14)27-19-15(22)11-24-21(28-19)25-13-7-8-16-12(10-13)6-9-18(29)26-16/h2-5,7-8,10-11H,6,9H2,1H3,(H,23,30)(H,26,29)(H2,24,25,27,28). The van der Waals surface area contributed by atoms with Crippen LogP contribution < -0.4 is 21.3 Å². The maximum Gasteiger partial charge on any atom is 0.253 e. The van der Waals surface area contributed by atoms with Gasteiger partial charge < -0.3 is 21.3 Å². The van der Waals surface area contributed by atoms with Crippen LogP contribution in [0.3, 0.4) is 0 Å². The Morgan fingerprint density at radius 2 is 1.97 bits per heavy atom. The normalized spacial score (nSPS) is 12.5. The summed E-state index contributed by atoms with van der Waals surface area (Å²) in [5.74, 6) is 0.766. The summed E-state index contributed by atoms with van der Waals surface area (Å²) in [5.41, 5.74) is 3.86. The smallest absolute Gasteiger partial charge is 0.253 e. The Kier molecular flexibility index (Phi) is 5.62. The number of carbonyl (C=O) groups is 2. The van der Waals surface area contributed by atoms with E-state index in [2.05, 4.69) is 47.2 Å². The van der Waals surface area contributed by atoms with Gasteiger partial charge in [0.05, 0.1) is 15.7 Å². The number of para-hydroxylation sites is 1. The molecule has 30 heavy (non-hydrogen) atoms. The van der Waals surface area contributed by atoms with Gasteiger partial charge in [-0.2, -0.15) is 4.98 Å². The molecule has 1 aliphatic rings. The molecule has 0 radical (unpaired) electrons. The first-order chi connectivity index (χ1) is 14.5. The van der Waals surface area contributed by atoms with Crippen LogP contribution in [0.5, 0.6) is 0 Å². The van der Waals surface area contributed by atoms with Crippen molar-refractivity contribution in [1.82, 2.24) is 15.3 Å². The fourth-order valence-corrected chi connectivity index (χ4v) is 3.45. The molecule has 0 aliphatic carbocycles. The number of carbonyl (C=O) groups excluding carboxylic acids is 2. The van der Waals surface area contributed by atoms with E-state index >= 15 is 0 Å². The second-order valence-corrected chi connectivity index (χ2v) is 7.54. The Labute approximate surface area is 181 Å². The average Bonchev–Trinajstić information content (AvgIpc) is 2.76. The van der Waals surface area contributed by atoms with E-state index in [0.29, 0.717) is 40.3 Å². The molecule has 4 N–H and O–H groups in total. The molecule has 0 spiro atoms. The van der Waals surface area contributed by atoms with E-state index in [1.54, 1.807) is 25.4 Å². The number of anilines is 5. The minimum Gasteiger partial charge on any atom is -0.355 e. The van der Waals surface area contributed by atoms with Crippen LogP contribution in [-0.4, -0.2) is 28.8 Å². The van der Waals surface area contributed by atoms with E-state index in [0.717, 1.165) is 16.9 Å². The summed E-state index contributed by atoms with van der Waals surface area (Å²) >= 11 is 3.45. The fraction of sp³-hybridized carbons (Fsp3) is 0.143. The van der Waals surface area contributed by atoms with Gasteiger partial charge in [0.1, 0.15) is 5.82 Å². The van der Waals surface area contributed by atoms with Crippen LogP contribution in [0.15, 0.2) is 53.1 Å². The number of aryl methyl sites for hydroxylation is 1. The Morgan fingerprint density at radius 3 is 2.80 bits per heavy atom. The first-order valence-corrected chi connectivity index (χ1v) is 10.1. The SMILES string of the molecule is CNC(=O)c1ccccc1Nc1nc(Nc2ccc3c(c2)CCC(=O)N3)ncc1Br. The van der Waals surface area contributed by atoms with E-state index in [9.17, 15) is 9.59 Å². The van der Waals surface area contributed by atoms with Gasteiger partial charge in [0.25, 0.3) is 5.91 Å². The molecule has 0 bridgehead atoms. The molecule has 152 valence electrons. The first-order valence-electron chi connectivity index (χ1n) is 9.34. The van der Waals surface area contributed by atoms with Gasteiger partial charge in [0.15, 0.2) is 0 Å². The van der Waals surface area contributed by atoms with Crippen LogP contribution >= 0.6 is 15.9 Å². The number of rotatable bonds is 5. The third-order valence-corrected chi connectivity index (χ3v) is 5.23. The highest BCUT2D eigenvalue weighted by Crippen LogP contribution is 2.29. The quantitative estimate of drug-likeness (QED) is 0.453. The maximum absolute atomic E-state index is 12.1. The number of fused-ring (bicyclic) bond motifs is 1. The van der Waals surface area contributed by atoms with Gasteiger partial charge in [0.2, 0.25) is 11.9 Å². The van der Waals surface area contributed by atoms with Crippen LogP contribution in [0.25, 0.3) is 0 Å². The van der Waals surface area contributed by atoms with E-state index in [1.165, 1.54) is 0 Å². The molecule has 4 rings (SSSR count). The topological polar surface area (TPSA) is 108 Å². The van der Waals surface area contributed by atoms with Crippen molar-refractivity contribution in [1.29, 1.82) is 0 Å². The number of nitrogens with one attached hydrogen (secondary N) is 4. The van der Waals surface area contributed by atoms with Crippen LogP contribution in [0.2, 0.25) is 0 Å². The van der Waals surface area contributed by atoms with E-state index in [-0.39, 0.29) is 11.8 Å². The van der Waals surface area contributed by atoms with Crippen molar-refractivity contribution < 1.29 is 9.59 Å². The Hall–Kier alpha value is -3.46. The second-order valence-electron chi connectivity index (χ2n) is 6.68. The van der Waals surface area contributed by atoms with Gasteiger partial charge in [-0.05, 0) is 58.2 Å². The van der Waals surface area contributed by atoms with Crippen LogP contribution in [0.1, 0.15) is 22.3 Å². The van der Waals surface area contributed by atoms with Gasteiger partial charge in [-0.3, -0.25) is 9.59 Å². The number of hydrogen-bond acceptors (Lipinski definition) is 6. The molecule has 2 heterocycles. The third kappa shape index (κ3) is 4.25. The zero-order valence-corrected chi connectivity index (χ0v) is 17.7. The van der Waals surface area contributed by atoms with Crippen molar-refractivity contribution in [2.75, 3.05) is 23.0 Å². The van der Waals surface area contributed by atoms with E-state index in [4.69, 9.17) is 0 Å². The molecule has 0 saturated heterocycles. The summed E-state index contributed by atoms with van der Waals surface area (Å²) in [6, 6.07) is 12.9. The molecule has 1 aromatic heterocycles. The van der Waals surface area contributed by atoms with Crippen LogP contribution in [-0.2, 0) is 11.2 Å². The number of nitrogens with zero attached hydrogens (tertiary/aromatic N) is 2. The number of halogens is 1. The van der Waals surface area contributed by atoms with E-state index < -0.39 is 0 Å². The molecule has 0 atom stereocenters. The van der Waals surface area contributed by atoms with E-state index in [1.807, 2.05) is 30.3 Å². The molecule has 8 nitrogen and oxygen atoms in total. The summed E-state index contributed by atoms with van der Waals surface area (Å²) in [7, 11) is 1.59. The second kappa shape index (κ2) is 8.50. The minimum absolute atomic E-state index is 0.0344. The summed E-state index contributed by atoms with van der Waals surface area (Å²) < 4.78 is 0.660. The predicted octanol–water partition coefficient (Wildman–Crippen LogP) is 3.97. The molecular weight excluding hydrogens is 448 g/mol. The largest absolute Gasteiger partial charge is 0.355 e. The predicted molar refractivity (Wildman–Crippen MR) is 120 cm³/mol. The third-order valence-electron chi connectivity index (χ3n) is 4.65. The minimum atomic E-state index is -0.192. The zero-order valence-electron chi connectivity index (χ0n) is 16.1. The van der Waals surface area contributed by atoms with Crippen molar-refractivity contribution in [2.24, 2.45) is 0 Å². The number of benzene rings is 2. The highest BCUT2D eigenvalue weighted by molar-refractivity contribution is 9.10. The lowest BCUT2D eigenvalue weighted by atomic mass is 10.0. The molecule has 2 amide bonds. The van der Waals surface area contributed by atoms with Crippen molar-refractivity contribution in [3.8, 4) is 0 Å². The van der Waals surface area contributed by atoms with Crippen LogP contribution in [0, 0.1) is 0 Å². The zero-order chi connectivity index (χ0) is 21.1. The maximum atomic E-state index is 12.1. The summed E-state index contributed by atoms with van der Waals surface area (Å²) in [6.07, 6.45) is 2.81. The molecule has 0 unspecified atom stereocenters. The molecule has 0 saturated carbocycles. The molecule has 0 fully saturated rings. The monoisotopic (exact) mass is 466 g/mol. The van der Waals surface area contributed by atoms with Gasteiger partial charge in [0, 0.05) is 31.0 Å². The number of aromatic nitrogens is 2. The van der Waals surface area contributed by atoms with Gasteiger partial charge in [-0.25, -0.2) is 4.98 Å². The lowest BCUT2D eigenvalue weighted by molar-refractivity contribution is -0.116. The first kappa shape index (κ1) is 19.8. The summed E-state index contributed by atoms with van der Waals surface area (Å²) in [6.45, 7) is 0. The molecule has 3 aromatic rings. The van der Waals surface area contributed by atoms with Crippen molar-refractivity contribution >= 4 is 56.6 Å². The molecule has 9 heteroatoms. The summed E-state index contributed by atoms with van der Waals surface area (Å²) in [5, 5.41) is 11.9.